The second-order valence-electron chi connectivity index (χ2n) is 10.9. The van der Waals surface area contributed by atoms with Crippen molar-refractivity contribution in [3.05, 3.63) is 29.8 Å². The standard InChI is InChI=1S/C28H45F3OSi/c1-2-3-6-19-33-20-17-24(18-21-33)8-5-4-7-23-9-11-25(12-10-23)26-13-15-27(16-14-26)32-22-28(29,30)31/h13-16,23-25,33H,2-12,17-22H2,1H3/t23-,24?,25-,33?. The first-order valence-electron chi connectivity index (χ1n) is 13.7. The molecule has 1 aromatic rings. The molecule has 0 spiro atoms. The van der Waals surface area contributed by atoms with E-state index in [1.54, 1.807) is 30.3 Å². The Hall–Kier alpha value is -0.973. The number of unbranched alkanes of at least 4 members (excludes halogenated alkanes) is 3. The van der Waals surface area contributed by atoms with Crippen LogP contribution in [0.2, 0.25) is 18.1 Å². The lowest BCUT2D eigenvalue weighted by atomic mass is 9.77. The van der Waals surface area contributed by atoms with E-state index in [9.17, 15) is 13.2 Å². The van der Waals surface area contributed by atoms with E-state index in [0.717, 1.165) is 11.8 Å². The summed E-state index contributed by atoms with van der Waals surface area (Å²) in [4.78, 5) is 0. The second kappa shape index (κ2) is 13.8. The van der Waals surface area contributed by atoms with E-state index in [-0.39, 0.29) is 8.80 Å². The lowest BCUT2D eigenvalue weighted by Crippen LogP contribution is -2.21. The number of ether oxygens (including phenoxy) is 1. The molecular weight excluding hydrogens is 437 g/mol. The molecule has 1 aliphatic carbocycles. The third kappa shape index (κ3) is 10.0. The molecule has 1 aromatic carbocycles. The molecule has 3 rings (SSSR count). The molecule has 5 heteroatoms. The molecule has 1 saturated carbocycles. The summed E-state index contributed by atoms with van der Waals surface area (Å²) in [5, 5.41) is 0. The van der Waals surface area contributed by atoms with Crippen LogP contribution in [0.5, 0.6) is 5.75 Å². The number of alkyl halides is 3. The normalized spacial score (nSPS) is 26.3. The fourth-order valence-corrected chi connectivity index (χ4v) is 9.76. The molecule has 1 heterocycles. The fourth-order valence-electron chi connectivity index (χ4n) is 6.14. The molecule has 0 radical (unpaired) electrons. The third-order valence-corrected chi connectivity index (χ3v) is 11.8. The van der Waals surface area contributed by atoms with Crippen molar-refractivity contribution in [3.8, 4) is 5.75 Å². The summed E-state index contributed by atoms with van der Waals surface area (Å²) in [6.45, 7) is 1.09. The van der Waals surface area contributed by atoms with E-state index >= 15 is 0 Å². The zero-order chi connectivity index (χ0) is 23.5. The van der Waals surface area contributed by atoms with Gasteiger partial charge in [0.05, 0.1) is 0 Å². The Morgan fingerprint density at radius 1 is 0.818 bits per heavy atom. The molecule has 0 amide bonds. The van der Waals surface area contributed by atoms with Gasteiger partial charge in [0.1, 0.15) is 5.75 Å². The first-order valence-corrected chi connectivity index (χ1v) is 16.2. The van der Waals surface area contributed by atoms with E-state index in [0.29, 0.717) is 11.7 Å². The number of benzene rings is 1. The van der Waals surface area contributed by atoms with Gasteiger partial charge in [-0.25, -0.2) is 0 Å². The SMILES string of the molecule is CCCCC[SiH]1CCC(CCCC[C@H]2CC[C@H](c3ccc(OCC(F)(F)F)cc3)CC2)CC1. The number of hydrogen-bond acceptors (Lipinski definition) is 1. The summed E-state index contributed by atoms with van der Waals surface area (Å²) in [7, 11) is -0.359. The van der Waals surface area contributed by atoms with E-state index in [4.69, 9.17) is 4.74 Å². The summed E-state index contributed by atoms with van der Waals surface area (Å²) < 4.78 is 41.7. The van der Waals surface area contributed by atoms with Crippen LogP contribution in [0.4, 0.5) is 13.2 Å². The van der Waals surface area contributed by atoms with Gasteiger partial charge in [0.2, 0.25) is 0 Å². The Morgan fingerprint density at radius 2 is 1.42 bits per heavy atom. The lowest BCUT2D eigenvalue weighted by molar-refractivity contribution is -0.153. The molecule has 2 aliphatic rings. The average Bonchev–Trinajstić information content (AvgIpc) is 2.82. The maximum absolute atomic E-state index is 12.3. The van der Waals surface area contributed by atoms with Crippen LogP contribution in [-0.2, 0) is 0 Å². The molecule has 188 valence electrons. The molecule has 0 unspecified atom stereocenters. The topological polar surface area (TPSA) is 9.23 Å². The predicted octanol–water partition coefficient (Wildman–Crippen LogP) is 9.29. The summed E-state index contributed by atoms with van der Waals surface area (Å²) in [5.74, 6) is 2.75. The highest BCUT2D eigenvalue weighted by atomic mass is 28.3. The predicted molar refractivity (Wildman–Crippen MR) is 135 cm³/mol. The van der Waals surface area contributed by atoms with Gasteiger partial charge in [0.15, 0.2) is 6.61 Å². The zero-order valence-corrected chi connectivity index (χ0v) is 21.8. The molecule has 0 atom stereocenters. The van der Waals surface area contributed by atoms with Crippen LogP contribution < -0.4 is 4.74 Å². The van der Waals surface area contributed by atoms with Gasteiger partial charge in [0, 0.05) is 8.80 Å². The quantitative estimate of drug-likeness (QED) is 0.213. The van der Waals surface area contributed by atoms with Crippen molar-refractivity contribution < 1.29 is 17.9 Å². The minimum Gasteiger partial charge on any atom is -0.484 e. The Bertz CT molecular complexity index is 644. The molecular formula is C28H45F3OSi. The van der Waals surface area contributed by atoms with Gasteiger partial charge in [-0.15, -0.1) is 0 Å². The molecule has 2 fully saturated rings. The van der Waals surface area contributed by atoms with Gasteiger partial charge in [-0.05, 0) is 61.1 Å². The average molecular weight is 483 g/mol. The third-order valence-electron chi connectivity index (χ3n) is 8.26. The minimum absolute atomic E-state index is 0.303. The van der Waals surface area contributed by atoms with Crippen LogP contribution in [0.15, 0.2) is 24.3 Å². The summed E-state index contributed by atoms with van der Waals surface area (Å²) in [6, 6.07) is 12.1. The van der Waals surface area contributed by atoms with Gasteiger partial charge in [0.25, 0.3) is 0 Å². The summed E-state index contributed by atoms with van der Waals surface area (Å²) in [6.07, 6.45) is 13.8. The van der Waals surface area contributed by atoms with E-state index in [1.807, 2.05) is 12.1 Å². The summed E-state index contributed by atoms with van der Waals surface area (Å²) >= 11 is 0. The van der Waals surface area contributed by atoms with Gasteiger partial charge in [-0.3, -0.25) is 0 Å². The molecule has 1 nitrogen and oxygen atoms in total. The maximum Gasteiger partial charge on any atom is 0.422 e. The zero-order valence-electron chi connectivity index (χ0n) is 20.7. The highest BCUT2D eigenvalue weighted by molar-refractivity contribution is 6.58. The number of rotatable bonds is 12. The van der Waals surface area contributed by atoms with Crippen molar-refractivity contribution in [2.45, 2.75) is 121 Å². The Morgan fingerprint density at radius 3 is 2.00 bits per heavy atom. The second-order valence-corrected chi connectivity index (χ2v) is 14.3. The van der Waals surface area contributed by atoms with E-state index < -0.39 is 12.8 Å². The van der Waals surface area contributed by atoms with Crippen molar-refractivity contribution in [2.24, 2.45) is 11.8 Å². The van der Waals surface area contributed by atoms with E-state index in [2.05, 4.69) is 6.92 Å². The van der Waals surface area contributed by atoms with Crippen LogP contribution in [0.3, 0.4) is 0 Å². The van der Waals surface area contributed by atoms with Gasteiger partial charge < -0.3 is 4.74 Å². The van der Waals surface area contributed by atoms with Crippen molar-refractivity contribution in [1.29, 1.82) is 0 Å². The summed E-state index contributed by atoms with van der Waals surface area (Å²) in [5.41, 5.74) is 1.25. The van der Waals surface area contributed by atoms with Crippen LogP contribution >= 0.6 is 0 Å². The lowest BCUT2D eigenvalue weighted by Gasteiger charge is -2.30. The largest absolute Gasteiger partial charge is 0.484 e. The van der Waals surface area contributed by atoms with Crippen molar-refractivity contribution in [3.63, 3.8) is 0 Å². The minimum atomic E-state index is -4.29. The van der Waals surface area contributed by atoms with Crippen LogP contribution in [0.1, 0.15) is 102 Å². The van der Waals surface area contributed by atoms with Gasteiger partial charge in [-0.2, -0.15) is 13.2 Å². The molecule has 0 bridgehead atoms. The van der Waals surface area contributed by atoms with Crippen LogP contribution in [-0.4, -0.2) is 21.6 Å². The number of halogens is 3. The molecule has 0 N–H and O–H groups in total. The first kappa shape index (κ1) is 26.6. The highest BCUT2D eigenvalue weighted by Gasteiger charge is 2.28. The van der Waals surface area contributed by atoms with E-state index in [1.165, 1.54) is 89.0 Å². The molecule has 1 aliphatic heterocycles. The van der Waals surface area contributed by atoms with Crippen LogP contribution in [0, 0.1) is 11.8 Å². The van der Waals surface area contributed by atoms with Crippen LogP contribution in [0.25, 0.3) is 0 Å². The Kier molecular flexibility index (Phi) is 11.1. The molecule has 33 heavy (non-hydrogen) atoms. The van der Waals surface area contributed by atoms with Crippen molar-refractivity contribution in [1.82, 2.24) is 0 Å². The van der Waals surface area contributed by atoms with Crippen molar-refractivity contribution in [2.75, 3.05) is 6.61 Å². The number of hydrogen-bond donors (Lipinski definition) is 0. The highest BCUT2D eigenvalue weighted by Crippen LogP contribution is 2.39. The van der Waals surface area contributed by atoms with Crippen molar-refractivity contribution >= 4 is 8.80 Å². The fraction of sp³-hybridized carbons (Fsp3) is 0.786. The first-order chi connectivity index (χ1) is 15.9. The molecule has 1 saturated heterocycles. The van der Waals surface area contributed by atoms with Gasteiger partial charge >= 0.3 is 6.18 Å². The Balaban J connectivity index is 1.25. The van der Waals surface area contributed by atoms with Gasteiger partial charge in [-0.1, -0.05) is 95.0 Å². The monoisotopic (exact) mass is 482 g/mol. The smallest absolute Gasteiger partial charge is 0.422 e. The maximum atomic E-state index is 12.3. The Labute approximate surface area is 201 Å². The molecule has 0 aromatic heterocycles.